The van der Waals surface area contributed by atoms with Gasteiger partial charge in [0.2, 0.25) is 10.0 Å². The van der Waals surface area contributed by atoms with Gasteiger partial charge in [0.1, 0.15) is 5.25 Å². The summed E-state index contributed by atoms with van der Waals surface area (Å²) in [4.78, 5) is 0.882. The summed E-state index contributed by atoms with van der Waals surface area (Å²) in [6, 6.07) is 8.80. The van der Waals surface area contributed by atoms with Gasteiger partial charge in [-0.25, -0.2) is 21.6 Å². The number of sulfonamides is 1. The molecule has 144 valence electrons. The van der Waals surface area contributed by atoms with Crippen molar-refractivity contribution in [2.75, 3.05) is 12.3 Å². The zero-order valence-electron chi connectivity index (χ0n) is 15.2. The Bertz CT molecular complexity index is 933. The van der Waals surface area contributed by atoms with Gasteiger partial charge in [-0.1, -0.05) is 31.5 Å². The molecule has 0 unspecified atom stereocenters. The van der Waals surface area contributed by atoms with E-state index in [0.717, 1.165) is 12.0 Å². The van der Waals surface area contributed by atoms with Gasteiger partial charge in [0.25, 0.3) is 0 Å². The molecule has 5 nitrogen and oxygen atoms in total. The number of aryl methyl sites for hydroxylation is 2. The molecule has 0 saturated carbocycles. The topological polar surface area (TPSA) is 80.3 Å². The van der Waals surface area contributed by atoms with E-state index in [9.17, 15) is 16.8 Å². The van der Waals surface area contributed by atoms with E-state index in [1.54, 1.807) is 36.6 Å². The van der Waals surface area contributed by atoms with E-state index in [0.29, 0.717) is 16.9 Å². The predicted octanol–water partition coefficient (Wildman–Crippen LogP) is 3.60. The maximum absolute atomic E-state index is 13.3. The van der Waals surface area contributed by atoms with E-state index in [1.165, 1.54) is 11.3 Å². The lowest BCUT2D eigenvalue weighted by atomic mass is 10.2. The molecule has 0 aliphatic carbocycles. The Labute approximate surface area is 160 Å². The third-order valence-electron chi connectivity index (χ3n) is 4.14. The quantitative estimate of drug-likeness (QED) is 0.678. The highest BCUT2D eigenvalue weighted by Crippen LogP contribution is 2.33. The summed E-state index contributed by atoms with van der Waals surface area (Å²) in [6.45, 7) is 5.34. The SMILES string of the molecule is CCCCS(=O)(=O)NC[C@H](c1cccs1)S(=O)(=O)c1cc(C)ccc1C. The minimum Gasteiger partial charge on any atom is -0.223 e. The van der Waals surface area contributed by atoms with Gasteiger partial charge in [0, 0.05) is 11.4 Å². The van der Waals surface area contributed by atoms with Crippen LogP contribution < -0.4 is 4.72 Å². The van der Waals surface area contributed by atoms with Crippen LogP contribution in [0.2, 0.25) is 0 Å². The molecule has 26 heavy (non-hydrogen) atoms. The number of unbranched alkanes of at least 4 members (excludes halogenated alkanes) is 1. The van der Waals surface area contributed by atoms with E-state index < -0.39 is 25.1 Å². The lowest BCUT2D eigenvalue weighted by Crippen LogP contribution is -2.33. The van der Waals surface area contributed by atoms with E-state index in [-0.39, 0.29) is 17.2 Å². The van der Waals surface area contributed by atoms with Crippen LogP contribution in [0.1, 0.15) is 41.0 Å². The molecular weight excluding hydrogens is 390 g/mol. The van der Waals surface area contributed by atoms with Gasteiger partial charge in [-0.2, -0.15) is 0 Å². The Morgan fingerprint density at radius 3 is 2.46 bits per heavy atom. The fourth-order valence-corrected chi connectivity index (χ4v) is 7.07. The zero-order chi connectivity index (χ0) is 19.4. The number of rotatable bonds is 9. The molecule has 0 fully saturated rings. The van der Waals surface area contributed by atoms with Crippen LogP contribution in [0.3, 0.4) is 0 Å². The fourth-order valence-electron chi connectivity index (χ4n) is 2.61. The molecule has 0 aliphatic heterocycles. The zero-order valence-corrected chi connectivity index (χ0v) is 17.7. The molecule has 0 spiro atoms. The molecule has 0 aliphatic rings. The minimum absolute atomic E-state index is 0.00415. The second-order valence-electron chi connectivity index (χ2n) is 6.34. The summed E-state index contributed by atoms with van der Waals surface area (Å²) in [7, 11) is -7.24. The number of sulfone groups is 1. The molecule has 2 rings (SSSR count). The van der Waals surface area contributed by atoms with Crippen LogP contribution in [-0.4, -0.2) is 29.1 Å². The monoisotopic (exact) mass is 415 g/mol. The summed E-state index contributed by atoms with van der Waals surface area (Å²) in [5.41, 5.74) is 1.51. The van der Waals surface area contributed by atoms with Crippen molar-refractivity contribution in [3.05, 3.63) is 51.7 Å². The molecule has 2 aromatic rings. The first-order valence-corrected chi connectivity index (χ1v) is 12.6. The van der Waals surface area contributed by atoms with E-state index in [2.05, 4.69) is 4.72 Å². The first kappa shape index (κ1) is 21.1. The van der Waals surface area contributed by atoms with Gasteiger partial charge in [-0.3, -0.25) is 0 Å². The first-order chi connectivity index (χ1) is 12.2. The van der Waals surface area contributed by atoms with Crippen LogP contribution >= 0.6 is 11.3 Å². The van der Waals surface area contributed by atoms with Crippen molar-refractivity contribution in [3.63, 3.8) is 0 Å². The Kier molecular flexibility index (Phi) is 7.01. The molecule has 1 aromatic carbocycles. The molecule has 8 heteroatoms. The molecule has 1 N–H and O–H groups in total. The number of hydrogen-bond acceptors (Lipinski definition) is 5. The summed E-state index contributed by atoms with van der Waals surface area (Å²) in [6.07, 6.45) is 1.30. The maximum Gasteiger partial charge on any atom is 0.211 e. The molecule has 1 atom stereocenters. The van der Waals surface area contributed by atoms with Crippen molar-refractivity contribution < 1.29 is 16.8 Å². The van der Waals surface area contributed by atoms with Crippen molar-refractivity contribution in [1.82, 2.24) is 4.72 Å². The number of hydrogen-bond donors (Lipinski definition) is 1. The van der Waals surface area contributed by atoms with Crippen molar-refractivity contribution in [3.8, 4) is 0 Å². The average molecular weight is 416 g/mol. The third kappa shape index (κ3) is 5.16. The number of benzene rings is 1. The smallest absolute Gasteiger partial charge is 0.211 e. The number of nitrogens with one attached hydrogen (secondary N) is 1. The molecule has 0 radical (unpaired) electrons. The van der Waals surface area contributed by atoms with Crippen LogP contribution in [0, 0.1) is 13.8 Å². The van der Waals surface area contributed by atoms with Gasteiger partial charge < -0.3 is 0 Å². The Hall–Kier alpha value is -1.22. The summed E-state index contributed by atoms with van der Waals surface area (Å²) >= 11 is 1.32. The largest absolute Gasteiger partial charge is 0.223 e. The standard InChI is InChI=1S/C18H25NO4S3/c1-4-5-11-25(20,21)19-13-18(16-7-6-10-24-16)26(22,23)17-12-14(2)8-9-15(17)3/h6-10,12,18-19H,4-5,11,13H2,1-3H3/t18-/m1/s1. The van der Waals surface area contributed by atoms with Crippen molar-refractivity contribution in [1.29, 1.82) is 0 Å². The first-order valence-electron chi connectivity index (χ1n) is 8.49. The number of thiophene rings is 1. The van der Waals surface area contributed by atoms with Crippen molar-refractivity contribution in [2.24, 2.45) is 0 Å². The lowest BCUT2D eigenvalue weighted by molar-refractivity contribution is 0.567. The van der Waals surface area contributed by atoms with Gasteiger partial charge >= 0.3 is 0 Å². The molecular formula is C18H25NO4S3. The molecule has 1 aromatic heterocycles. The second kappa shape index (κ2) is 8.65. The summed E-state index contributed by atoms with van der Waals surface area (Å²) in [5.74, 6) is 0.00415. The molecule has 1 heterocycles. The van der Waals surface area contributed by atoms with Crippen LogP contribution in [-0.2, 0) is 19.9 Å². The van der Waals surface area contributed by atoms with Crippen molar-refractivity contribution in [2.45, 2.75) is 43.8 Å². The maximum atomic E-state index is 13.3. The average Bonchev–Trinajstić information content (AvgIpc) is 3.09. The Balaban J connectivity index is 2.38. The minimum atomic E-state index is -3.74. The third-order valence-corrected chi connectivity index (χ3v) is 8.93. The normalized spacial score (nSPS) is 13.7. The van der Waals surface area contributed by atoms with E-state index >= 15 is 0 Å². The molecule has 0 amide bonds. The fraction of sp³-hybridized carbons (Fsp3) is 0.444. The van der Waals surface area contributed by atoms with Crippen molar-refractivity contribution >= 4 is 31.2 Å². The summed E-state index contributed by atoms with van der Waals surface area (Å²) < 4.78 is 53.4. The van der Waals surface area contributed by atoms with Gasteiger partial charge in [0.05, 0.1) is 10.6 Å². The van der Waals surface area contributed by atoms with Gasteiger partial charge in [0.15, 0.2) is 9.84 Å². The van der Waals surface area contributed by atoms with Crippen LogP contribution in [0.5, 0.6) is 0 Å². The van der Waals surface area contributed by atoms with Gasteiger partial charge in [-0.05, 0) is 48.9 Å². The Morgan fingerprint density at radius 2 is 1.85 bits per heavy atom. The van der Waals surface area contributed by atoms with Gasteiger partial charge in [-0.15, -0.1) is 11.3 Å². The summed E-state index contributed by atoms with van der Waals surface area (Å²) in [5, 5.41) is 0.853. The van der Waals surface area contributed by atoms with Crippen LogP contribution in [0.15, 0.2) is 40.6 Å². The highest BCUT2D eigenvalue weighted by atomic mass is 32.2. The van der Waals surface area contributed by atoms with Crippen LogP contribution in [0.25, 0.3) is 0 Å². The second-order valence-corrected chi connectivity index (χ2v) is 11.3. The predicted molar refractivity (Wildman–Crippen MR) is 107 cm³/mol. The highest BCUT2D eigenvalue weighted by molar-refractivity contribution is 7.92. The van der Waals surface area contributed by atoms with E-state index in [4.69, 9.17) is 0 Å². The van der Waals surface area contributed by atoms with Crippen LogP contribution in [0.4, 0.5) is 0 Å². The highest BCUT2D eigenvalue weighted by Gasteiger charge is 2.32. The Morgan fingerprint density at radius 1 is 1.12 bits per heavy atom. The molecule has 0 saturated heterocycles. The molecule has 0 bridgehead atoms. The lowest BCUT2D eigenvalue weighted by Gasteiger charge is -2.19. The van der Waals surface area contributed by atoms with E-state index in [1.807, 2.05) is 19.9 Å².